The van der Waals surface area contributed by atoms with Crippen LogP contribution in [0.5, 0.6) is 0 Å². The first-order valence-corrected chi connectivity index (χ1v) is 5.85. The van der Waals surface area contributed by atoms with Gasteiger partial charge in [-0.05, 0) is 23.8 Å². The molecule has 0 aromatic heterocycles. The molecule has 0 saturated carbocycles. The van der Waals surface area contributed by atoms with Gasteiger partial charge in [-0.2, -0.15) is 0 Å². The van der Waals surface area contributed by atoms with Gasteiger partial charge in [0.1, 0.15) is 0 Å². The van der Waals surface area contributed by atoms with Crippen LogP contribution < -0.4 is 5.32 Å². The Morgan fingerprint density at radius 3 is 2.44 bits per heavy atom. The number of anilines is 1. The Kier molecular flexibility index (Phi) is 3.75. The van der Waals surface area contributed by atoms with Crippen molar-refractivity contribution in [3.63, 3.8) is 0 Å². The summed E-state index contributed by atoms with van der Waals surface area (Å²) < 4.78 is 0. The summed E-state index contributed by atoms with van der Waals surface area (Å²) in [6, 6.07) is 15.7. The van der Waals surface area contributed by atoms with Gasteiger partial charge in [-0.3, -0.25) is 0 Å². The molecule has 1 nitrogen and oxygen atoms in total. The predicted molar refractivity (Wildman–Crippen MR) is 72.5 cm³/mol. The second kappa shape index (κ2) is 5.28. The average molecular weight is 250 g/mol. The highest BCUT2D eigenvalue weighted by Gasteiger charge is 2.00. The van der Waals surface area contributed by atoms with Crippen molar-refractivity contribution in [1.29, 1.82) is 0 Å². The van der Waals surface area contributed by atoms with Crippen LogP contribution in [0.3, 0.4) is 0 Å². The fraction of sp³-hybridized carbons (Fsp3) is 0.0769. The van der Waals surface area contributed by atoms with Crippen LogP contribution in [-0.4, -0.2) is 0 Å². The van der Waals surface area contributed by atoms with Gasteiger partial charge >= 0.3 is 0 Å². The molecule has 0 aliphatic carbocycles. The molecule has 3 heteroatoms. The Morgan fingerprint density at radius 1 is 1.00 bits per heavy atom. The zero-order valence-corrected chi connectivity index (χ0v) is 10.3. The van der Waals surface area contributed by atoms with Gasteiger partial charge in [0.25, 0.3) is 0 Å². The third-order valence-electron chi connectivity index (χ3n) is 2.33. The second-order valence-electron chi connectivity index (χ2n) is 3.46. The van der Waals surface area contributed by atoms with Gasteiger partial charge in [0.15, 0.2) is 0 Å². The quantitative estimate of drug-likeness (QED) is 0.776. The molecule has 0 atom stereocenters. The van der Waals surface area contributed by atoms with E-state index in [1.54, 1.807) is 0 Å². The number of para-hydroxylation sites is 1. The standard InChI is InChI=1S/C13H12ClNS/c14-11-6-2-1-5-10(11)9-15-12-7-3-4-8-13(12)16/h1-8,15-16H,9H2. The van der Waals surface area contributed by atoms with E-state index in [-0.39, 0.29) is 0 Å². The van der Waals surface area contributed by atoms with Crippen LogP contribution in [0.4, 0.5) is 5.69 Å². The molecule has 0 amide bonds. The van der Waals surface area contributed by atoms with E-state index in [1.807, 2.05) is 48.5 Å². The normalized spacial score (nSPS) is 10.1. The number of thiol groups is 1. The Morgan fingerprint density at radius 2 is 1.69 bits per heavy atom. The summed E-state index contributed by atoms with van der Waals surface area (Å²) in [5, 5.41) is 4.09. The van der Waals surface area contributed by atoms with E-state index in [1.165, 1.54) is 0 Å². The van der Waals surface area contributed by atoms with Crippen LogP contribution in [0, 0.1) is 0 Å². The fourth-order valence-corrected chi connectivity index (χ4v) is 1.90. The Labute approximate surface area is 106 Å². The molecule has 82 valence electrons. The van der Waals surface area contributed by atoms with Crippen molar-refractivity contribution in [3.8, 4) is 0 Å². The maximum absolute atomic E-state index is 6.07. The van der Waals surface area contributed by atoms with Crippen molar-refractivity contribution >= 4 is 29.9 Å². The molecule has 0 saturated heterocycles. The van der Waals surface area contributed by atoms with Crippen LogP contribution in [0.1, 0.15) is 5.56 Å². The van der Waals surface area contributed by atoms with Crippen molar-refractivity contribution in [2.24, 2.45) is 0 Å². The lowest BCUT2D eigenvalue weighted by atomic mass is 10.2. The maximum atomic E-state index is 6.07. The highest BCUT2D eigenvalue weighted by atomic mass is 35.5. The molecule has 0 aliphatic heterocycles. The first-order chi connectivity index (χ1) is 7.77. The minimum absolute atomic E-state index is 0.706. The smallest absolute Gasteiger partial charge is 0.0478 e. The van der Waals surface area contributed by atoms with E-state index >= 15 is 0 Å². The zero-order chi connectivity index (χ0) is 11.4. The molecule has 2 aromatic carbocycles. The summed E-state index contributed by atoms with van der Waals surface area (Å²) in [5.41, 5.74) is 2.10. The Bertz CT molecular complexity index is 439. The topological polar surface area (TPSA) is 12.0 Å². The molecule has 0 spiro atoms. The molecule has 2 aromatic rings. The van der Waals surface area contributed by atoms with E-state index in [9.17, 15) is 0 Å². The van der Waals surface area contributed by atoms with Gasteiger partial charge in [-0.15, -0.1) is 12.6 Å². The Balaban J connectivity index is 2.09. The van der Waals surface area contributed by atoms with E-state index in [2.05, 4.69) is 17.9 Å². The lowest BCUT2D eigenvalue weighted by Gasteiger charge is -2.09. The summed E-state index contributed by atoms with van der Waals surface area (Å²) >= 11 is 10.4. The lowest BCUT2D eigenvalue weighted by Crippen LogP contribution is -2.00. The third kappa shape index (κ3) is 2.71. The van der Waals surface area contributed by atoms with E-state index in [0.717, 1.165) is 21.2 Å². The third-order valence-corrected chi connectivity index (χ3v) is 3.09. The Hall–Kier alpha value is -1.12. The molecule has 0 heterocycles. The monoisotopic (exact) mass is 249 g/mol. The van der Waals surface area contributed by atoms with Gasteiger partial charge in [-0.25, -0.2) is 0 Å². The zero-order valence-electron chi connectivity index (χ0n) is 8.65. The van der Waals surface area contributed by atoms with Gasteiger partial charge in [0.2, 0.25) is 0 Å². The summed E-state index contributed by atoms with van der Waals surface area (Å²) in [6.45, 7) is 0.706. The minimum Gasteiger partial charge on any atom is -0.380 e. The number of halogens is 1. The fourth-order valence-electron chi connectivity index (χ4n) is 1.46. The molecule has 2 rings (SSSR count). The highest BCUT2D eigenvalue weighted by molar-refractivity contribution is 7.80. The summed E-state index contributed by atoms with van der Waals surface area (Å²) in [4.78, 5) is 0.939. The second-order valence-corrected chi connectivity index (χ2v) is 4.35. The van der Waals surface area contributed by atoms with Crippen molar-refractivity contribution in [3.05, 3.63) is 59.1 Å². The van der Waals surface area contributed by atoms with Crippen molar-refractivity contribution in [2.45, 2.75) is 11.4 Å². The number of hydrogen-bond acceptors (Lipinski definition) is 2. The first-order valence-electron chi connectivity index (χ1n) is 5.02. The highest BCUT2D eigenvalue weighted by Crippen LogP contribution is 2.21. The summed E-state index contributed by atoms with van der Waals surface area (Å²) in [7, 11) is 0. The number of benzene rings is 2. The molecular weight excluding hydrogens is 238 g/mol. The van der Waals surface area contributed by atoms with Crippen LogP contribution >= 0.6 is 24.2 Å². The van der Waals surface area contributed by atoms with Crippen LogP contribution in [0.25, 0.3) is 0 Å². The molecule has 16 heavy (non-hydrogen) atoms. The average Bonchev–Trinajstić information content (AvgIpc) is 2.30. The predicted octanol–water partition coefficient (Wildman–Crippen LogP) is 4.24. The maximum Gasteiger partial charge on any atom is 0.0478 e. The SMILES string of the molecule is Sc1ccccc1NCc1ccccc1Cl. The van der Waals surface area contributed by atoms with Crippen molar-refractivity contribution in [2.75, 3.05) is 5.32 Å². The van der Waals surface area contributed by atoms with Gasteiger partial charge in [0, 0.05) is 22.2 Å². The van der Waals surface area contributed by atoms with Crippen LogP contribution in [0.15, 0.2) is 53.4 Å². The van der Waals surface area contributed by atoms with E-state index in [4.69, 9.17) is 11.6 Å². The summed E-state index contributed by atoms with van der Waals surface area (Å²) in [6.07, 6.45) is 0. The van der Waals surface area contributed by atoms with Crippen molar-refractivity contribution < 1.29 is 0 Å². The van der Waals surface area contributed by atoms with Crippen LogP contribution in [0.2, 0.25) is 5.02 Å². The molecular formula is C13H12ClNS. The lowest BCUT2D eigenvalue weighted by molar-refractivity contribution is 1.13. The number of rotatable bonds is 3. The van der Waals surface area contributed by atoms with Gasteiger partial charge < -0.3 is 5.32 Å². The minimum atomic E-state index is 0.706. The van der Waals surface area contributed by atoms with Gasteiger partial charge in [-0.1, -0.05) is 41.9 Å². The molecule has 0 radical (unpaired) electrons. The molecule has 0 bridgehead atoms. The van der Waals surface area contributed by atoms with Crippen LogP contribution in [-0.2, 0) is 6.54 Å². The largest absolute Gasteiger partial charge is 0.380 e. The van der Waals surface area contributed by atoms with E-state index < -0.39 is 0 Å². The van der Waals surface area contributed by atoms with Gasteiger partial charge in [0.05, 0.1) is 0 Å². The van der Waals surface area contributed by atoms with E-state index in [0.29, 0.717) is 6.54 Å². The number of hydrogen-bond donors (Lipinski definition) is 2. The molecule has 0 fully saturated rings. The first kappa shape index (κ1) is 11.4. The number of nitrogens with one attached hydrogen (secondary N) is 1. The molecule has 1 N–H and O–H groups in total. The molecule has 0 unspecified atom stereocenters. The molecule has 0 aliphatic rings. The summed E-state index contributed by atoms with van der Waals surface area (Å²) in [5.74, 6) is 0. The van der Waals surface area contributed by atoms with Crippen molar-refractivity contribution in [1.82, 2.24) is 0 Å².